The monoisotopic (exact) mass is 260 g/mol. The van der Waals surface area contributed by atoms with Crippen molar-refractivity contribution in [2.24, 2.45) is 0 Å². The summed E-state index contributed by atoms with van der Waals surface area (Å²) in [6.45, 7) is 0.770. The molecule has 0 aromatic heterocycles. The van der Waals surface area contributed by atoms with Crippen LogP contribution in [0, 0.1) is 0 Å². The van der Waals surface area contributed by atoms with E-state index >= 15 is 0 Å². The zero-order valence-corrected chi connectivity index (χ0v) is 9.83. The van der Waals surface area contributed by atoms with E-state index in [1.807, 2.05) is 18.2 Å². The fraction of sp³-hybridized carbons (Fsp3) is 0.400. The first-order valence-electron chi connectivity index (χ1n) is 4.17. The molecule has 3 nitrogen and oxygen atoms in total. The van der Waals surface area contributed by atoms with Crippen LogP contribution in [0.4, 0.5) is 0 Å². The van der Waals surface area contributed by atoms with E-state index in [0.29, 0.717) is 6.61 Å². The third kappa shape index (κ3) is 2.97. The lowest BCUT2D eigenvalue weighted by atomic mass is 10.2. The van der Waals surface area contributed by atoms with Crippen LogP contribution < -0.4 is 4.74 Å². The second kappa shape index (κ2) is 6.01. The van der Waals surface area contributed by atoms with Crippen molar-refractivity contribution in [1.82, 2.24) is 0 Å². The van der Waals surface area contributed by atoms with Crippen molar-refractivity contribution in [2.45, 2.75) is 6.61 Å². The van der Waals surface area contributed by atoms with Crippen molar-refractivity contribution in [3.63, 3.8) is 0 Å². The molecule has 78 valence electrons. The van der Waals surface area contributed by atoms with Crippen molar-refractivity contribution in [1.29, 1.82) is 0 Å². The molecule has 1 aromatic carbocycles. The lowest BCUT2D eigenvalue weighted by Gasteiger charge is -2.10. The first kappa shape index (κ1) is 11.5. The second-order valence-electron chi connectivity index (χ2n) is 2.69. The third-order valence-corrected chi connectivity index (χ3v) is 2.34. The Morgan fingerprint density at radius 2 is 2.07 bits per heavy atom. The molecule has 0 spiro atoms. The Hall–Kier alpha value is -0.580. The Labute approximate surface area is 92.1 Å². The van der Waals surface area contributed by atoms with Crippen LogP contribution in [0.5, 0.6) is 5.75 Å². The number of halogens is 1. The highest BCUT2D eigenvalue weighted by molar-refractivity contribution is 9.10. The van der Waals surface area contributed by atoms with E-state index in [9.17, 15) is 0 Å². The summed E-state index contributed by atoms with van der Waals surface area (Å²) in [5.74, 6) is 0.809. The van der Waals surface area contributed by atoms with Gasteiger partial charge in [0.05, 0.1) is 18.2 Å². The zero-order valence-electron chi connectivity index (χ0n) is 8.25. The molecule has 0 heterocycles. The largest absolute Gasteiger partial charge is 0.495 e. The van der Waals surface area contributed by atoms with Gasteiger partial charge in [0.25, 0.3) is 0 Å². The molecule has 0 saturated heterocycles. The van der Waals surface area contributed by atoms with Gasteiger partial charge in [-0.15, -0.1) is 0 Å². The van der Waals surface area contributed by atoms with Gasteiger partial charge in [-0.05, 0) is 22.0 Å². The average Bonchev–Trinajstić information content (AvgIpc) is 2.18. The Bertz CT molecular complexity index is 289. The molecule has 0 radical (unpaired) electrons. The molecule has 0 amide bonds. The van der Waals surface area contributed by atoms with Crippen molar-refractivity contribution in [3.05, 3.63) is 28.2 Å². The van der Waals surface area contributed by atoms with Crippen LogP contribution in [0.1, 0.15) is 5.56 Å². The standard InChI is InChI=1S/C10H13BrO3/c1-12-7-14-6-8-4-3-5-9(11)10(8)13-2/h3-5H,6-7H2,1-2H3. The Morgan fingerprint density at radius 3 is 2.71 bits per heavy atom. The van der Waals surface area contributed by atoms with Crippen molar-refractivity contribution >= 4 is 15.9 Å². The van der Waals surface area contributed by atoms with Crippen molar-refractivity contribution in [2.75, 3.05) is 21.0 Å². The minimum absolute atomic E-state index is 0.287. The van der Waals surface area contributed by atoms with Crippen LogP contribution in [0.2, 0.25) is 0 Å². The van der Waals surface area contributed by atoms with Gasteiger partial charge in [-0.25, -0.2) is 0 Å². The third-order valence-electron chi connectivity index (χ3n) is 1.71. The highest BCUT2D eigenvalue weighted by Crippen LogP contribution is 2.28. The smallest absolute Gasteiger partial charge is 0.146 e. The summed E-state index contributed by atoms with van der Waals surface area (Å²) in [5, 5.41) is 0. The molecule has 1 rings (SSSR count). The van der Waals surface area contributed by atoms with Gasteiger partial charge in [0.15, 0.2) is 0 Å². The topological polar surface area (TPSA) is 27.7 Å². The molecular formula is C10H13BrO3. The maximum atomic E-state index is 5.24. The lowest BCUT2D eigenvalue weighted by molar-refractivity contribution is -0.0395. The molecule has 0 bridgehead atoms. The van der Waals surface area contributed by atoms with Crippen LogP contribution in [0.15, 0.2) is 22.7 Å². The number of para-hydroxylation sites is 1. The summed E-state index contributed by atoms with van der Waals surface area (Å²) in [5.41, 5.74) is 0.999. The van der Waals surface area contributed by atoms with E-state index in [2.05, 4.69) is 15.9 Å². The molecule has 0 N–H and O–H groups in total. The normalized spacial score (nSPS) is 10.2. The number of methoxy groups -OCH3 is 2. The van der Waals surface area contributed by atoms with Crippen LogP contribution in [0.3, 0.4) is 0 Å². The maximum Gasteiger partial charge on any atom is 0.146 e. The van der Waals surface area contributed by atoms with E-state index < -0.39 is 0 Å². The number of rotatable bonds is 5. The molecule has 0 atom stereocenters. The van der Waals surface area contributed by atoms with Crippen LogP contribution >= 0.6 is 15.9 Å². The number of hydrogen-bond acceptors (Lipinski definition) is 3. The predicted octanol–water partition coefficient (Wildman–Crippen LogP) is 2.58. The summed E-state index contributed by atoms with van der Waals surface area (Å²) in [7, 11) is 3.23. The molecule has 4 heteroatoms. The number of hydrogen-bond donors (Lipinski definition) is 0. The molecular weight excluding hydrogens is 248 g/mol. The van der Waals surface area contributed by atoms with E-state index in [-0.39, 0.29) is 6.79 Å². The van der Waals surface area contributed by atoms with Crippen LogP contribution in [0.25, 0.3) is 0 Å². The molecule has 0 aliphatic heterocycles. The molecule has 0 aliphatic carbocycles. The van der Waals surface area contributed by atoms with E-state index in [1.165, 1.54) is 0 Å². The van der Waals surface area contributed by atoms with Crippen molar-refractivity contribution in [3.8, 4) is 5.75 Å². The lowest BCUT2D eigenvalue weighted by Crippen LogP contribution is -1.99. The van der Waals surface area contributed by atoms with Gasteiger partial charge in [-0.3, -0.25) is 0 Å². The molecule has 0 saturated carbocycles. The molecule has 14 heavy (non-hydrogen) atoms. The minimum atomic E-state index is 0.287. The summed E-state index contributed by atoms with van der Waals surface area (Å²) < 4.78 is 16.2. The van der Waals surface area contributed by atoms with Gasteiger partial charge in [-0.1, -0.05) is 12.1 Å². The van der Waals surface area contributed by atoms with Crippen LogP contribution in [-0.2, 0) is 16.1 Å². The summed E-state index contributed by atoms with van der Waals surface area (Å²) >= 11 is 3.40. The summed E-state index contributed by atoms with van der Waals surface area (Å²) in [4.78, 5) is 0. The summed E-state index contributed by atoms with van der Waals surface area (Å²) in [6, 6.07) is 5.83. The van der Waals surface area contributed by atoms with E-state index in [0.717, 1.165) is 15.8 Å². The molecule has 0 unspecified atom stereocenters. The molecule has 0 fully saturated rings. The fourth-order valence-corrected chi connectivity index (χ4v) is 1.70. The molecule has 0 aliphatic rings. The van der Waals surface area contributed by atoms with Gasteiger partial charge < -0.3 is 14.2 Å². The van der Waals surface area contributed by atoms with Gasteiger partial charge in [0.2, 0.25) is 0 Å². The Morgan fingerprint density at radius 1 is 1.29 bits per heavy atom. The quantitative estimate of drug-likeness (QED) is 0.602. The SMILES string of the molecule is COCOCc1cccc(Br)c1OC. The van der Waals surface area contributed by atoms with Gasteiger partial charge in [-0.2, -0.15) is 0 Å². The van der Waals surface area contributed by atoms with Gasteiger partial charge >= 0.3 is 0 Å². The first-order valence-corrected chi connectivity index (χ1v) is 4.97. The Balaban J connectivity index is 2.70. The fourth-order valence-electron chi connectivity index (χ4n) is 1.13. The highest BCUT2D eigenvalue weighted by atomic mass is 79.9. The van der Waals surface area contributed by atoms with Gasteiger partial charge in [0, 0.05) is 12.7 Å². The summed E-state index contributed by atoms with van der Waals surface area (Å²) in [6.07, 6.45) is 0. The number of benzene rings is 1. The average molecular weight is 261 g/mol. The van der Waals surface area contributed by atoms with Crippen molar-refractivity contribution < 1.29 is 14.2 Å². The first-order chi connectivity index (χ1) is 6.79. The van der Waals surface area contributed by atoms with E-state index in [4.69, 9.17) is 14.2 Å². The van der Waals surface area contributed by atoms with Crippen LogP contribution in [-0.4, -0.2) is 21.0 Å². The van der Waals surface area contributed by atoms with Gasteiger partial charge in [0.1, 0.15) is 12.5 Å². The maximum absolute atomic E-state index is 5.24. The highest BCUT2D eigenvalue weighted by Gasteiger charge is 2.06. The minimum Gasteiger partial charge on any atom is -0.495 e. The Kier molecular flexibility index (Phi) is 4.93. The van der Waals surface area contributed by atoms with E-state index in [1.54, 1.807) is 14.2 Å². The second-order valence-corrected chi connectivity index (χ2v) is 3.54. The molecule has 1 aromatic rings. The number of ether oxygens (including phenoxy) is 3. The predicted molar refractivity (Wildman–Crippen MR) is 57.4 cm³/mol. The zero-order chi connectivity index (χ0) is 10.4.